The fourth-order valence-electron chi connectivity index (χ4n) is 5.71. The smallest absolute Gasteiger partial charge is 0.328 e. The summed E-state index contributed by atoms with van der Waals surface area (Å²) in [6.07, 6.45) is 2.55. The first-order valence-electron chi connectivity index (χ1n) is 14.3. The molecule has 0 aromatic heterocycles. The molecule has 0 aromatic carbocycles. The number of carboxylic acid groups (broad SMARTS) is 1. The van der Waals surface area contributed by atoms with Crippen molar-refractivity contribution in [2.45, 2.75) is 95.5 Å². The van der Waals surface area contributed by atoms with Crippen LogP contribution in [0.5, 0.6) is 0 Å². The number of carbonyl (C=O) groups excluding carboxylic acids is 4. The number of nitrogens with zero attached hydrogens (tertiary/aromatic N) is 4. The van der Waals surface area contributed by atoms with E-state index in [1.807, 2.05) is 0 Å². The molecule has 4 aliphatic rings. The van der Waals surface area contributed by atoms with Gasteiger partial charge in [-0.05, 0) is 57.3 Å². The molecular weight excluding hydrogens is 524 g/mol. The summed E-state index contributed by atoms with van der Waals surface area (Å²) in [5.41, 5.74) is 11.9. The highest BCUT2D eigenvalue weighted by Gasteiger charge is 2.46. The lowest BCUT2D eigenvalue weighted by molar-refractivity contribution is -0.170. The number of hydrogen-bond acceptors (Lipinski definition) is 10. The van der Waals surface area contributed by atoms with Crippen molar-refractivity contribution >= 4 is 29.6 Å². The van der Waals surface area contributed by atoms with Crippen molar-refractivity contribution in [2.75, 3.05) is 26.2 Å². The number of aliphatic carboxylic acids is 1. The van der Waals surface area contributed by atoms with Gasteiger partial charge in [0.15, 0.2) is 0 Å². The highest BCUT2D eigenvalue weighted by atomic mass is 16.4. The van der Waals surface area contributed by atoms with Crippen LogP contribution in [0.25, 0.3) is 0 Å². The van der Waals surface area contributed by atoms with Crippen LogP contribution in [0.15, 0.2) is 0 Å². The maximum Gasteiger partial charge on any atom is 0.328 e. The highest BCUT2D eigenvalue weighted by molar-refractivity contribution is 5.95. The Morgan fingerprint density at radius 3 is 1.30 bits per heavy atom. The zero-order chi connectivity index (χ0) is 29.0. The lowest BCUT2D eigenvalue weighted by atomic mass is 10.00. The Morgan fingerprint density at radius 1 is 0.600 bits per heavy atom. The first-order valence-corrected chi connectivity index (χ1v) is 14.3. The molecule has 0 spiro atoms. The van der Waals surface area contributed by atoms with Crippen LogP contribution in [0.1, 0.15) is 65.2 Å². The fourth-order valence-corrected chi connectivity index (χ4v) is 5.71. The van der Waals surface area contributed by atoms with Crippen molar-refractivity contribution in [3.05, 3.63) is 0 Å². The summed E-state index contributed by atoms with van der Waals surface area (Å²) in [6, 6.07) is -3.84. The summed E-state index contributed by atoms with van der Waals surface area (Å²) in [5, 5.41) is 24.9. The van der Waals surface area contributed by atoms with Gasteiger partial charge in [0.2, 0.25) is 0 Å². The lowest BCUT2D eigenvalue weighted by Crippen LogP contribution is -2.70. The van der Waals surface area contributed by atoms with Gasteiger partial charge in [0, 0.05) is 26.2 Å². The molecule has 6 N–H and O–H groups in total. The number of aliphatic hydroxyl groups is 1. The molecule has 4 fully saturated rings. The van der Waals surface area contributed by atoms with Crippen molar-refractivity contribution in [3.63, 3.8) is 0 Å². The first-order chi connectivity index (χ1) is 19.1. The molecule has 4 amide bonds. The molecule has 0 saturated carbocycles. The van der Waals surface area contributed by atoms with Crippen molar-refractivity contribution < 1.29 is 34.2 Å². The summed E-state index contributed by atoms with van der Waals surface area (Å²) in [5.74, 6) is -3.52. The molecule has 4 saturated heterocycles. The molecule has 15 heteroatoms. The van der Waals surface area contributed by atoms with Crippen molar-refractivity contribution in [1.82, 2.24) is 41.7 Å². The average Bonchev–Trinajstić information content (AvgIpc) is 2.99. The van der Waals surface area contributed by atoms with Gasteiger partial charge in [-0.15, -0.1) is 0 Å². The second kappa shape index (κ2) is 13.2. The summed E-state index contributed by atoms with van der Waals surface area (Å²) >= 11 is 0. The topological polar surface area (TPSA) is 187 Å². The number of amides is 4. The van der Waals surface area contributed by atoms with Crippen LogP contribution < -0.4 is 21.7 Å². The van der Waals surface area contributed by atoms with E-state index in [0.29, 0.717) is 77.5 Å². The third-order valence-electron chi connectivity index (χ3n) is 7.97. The lowest BCUT2D eigenvalue weighted by Gasteiger charge is -2.45. The second-order valence-corrected chi connectivity index (χ2v) is 11.1. The van der Waals surface area contributed by atoms with Gasteiger partial charge in [-0.1, -0.05) is 13.8 Å². The summed E-state index contributed by atoms with van der Waals surface area (Å²) in [4.78, 5) is 66.2. The number of rotatable bonds is 6. The SMILES string of the molecule is CC(C)C(O)C(=O)N1NCCCC1C(=O)N1NCCCC1C(=O)N1NCCCC1C(=O)N1NCCCC1C(=O)O. The van der Waals surface area contributed by atoms with E-state index in [0.717, 1.165) is 5.01 Å². The first kappa shape index (κ1) is 30.1. The molecule has 40 heavy (non-hydrogen) atoms. The van der Waals surface area contributed by atoms with E-state index in [4.69, 9.17) is 0 Å². The minimum absolute atomic E-state index is 0.313. The Labute approximate surface area is 233 Å². The zero-order valence-corrected chi connectivity index (χ0v) is 23.2. The Bertz CT molecular complexity index is 981. The summed E-state index contributed by atoms with van der Waals surface area (Å²) in [6.45, 7) is 5.25. The van der Waals surface area contributed by atoms with Crippen molar-refractivity contribution in [2.24, 2.45) is 5.92 Å². The predicted octanol–water partition coefficient (Wildman–Crippen LogP) is -1.93. The number of carbonyl (C=O) groups is 5. The molecule has 5 atom stereocenters. The van der Waals surface area contributed by atoms with E-state index >= 15 is 0 Å². The van der Waals surface area contributed by atoms with Gasteiger partial charge in [-0.2, -0.15) is 0 Å². The van der Waals surface area contributed by atoms with Gasteiger partial charge in [0.1, 0.15) is 30.3 Å². The number of hydrazine groups is 4. The van der Waals surface area contributed by atoms with Crippen LogP contribution in [0, 0.1) is 5.92 Å². The van der Waals surface area contributed by atoms with Gasteiger partial charge in [-0.3, -0.25) is 39.2 Å². The Hall–Kier alpha value is -2.85. The Morgan fingerprint density at radius 2 is 0.925 bits per heavy atom. The van der Waals surface area contributed by atoms with Crippen LogP contribution >= 0.6 is 0 Å². The van der Waals surface area contributed by atoms with Crippen LogP contribution in [0.3, 0.4) is 0 Å². The molecule has 0 radical (unpaired) electrons. The van der Waals surface area contributed by atoms with E-state index in [2.05, 4.69) is 21.7 Å². The Balaban J connectivity index is 1.54. The van der Waals surface area contributed by atoms with Crippen LogP contribution in [-0.4, -0.2) is 116 Å². The highest BCUT2D eigenvalue weighted by Crippen LogP contribution is 2.24. The minimum Gasteiger partial charge on any atom is -0.480 e. The van der Waals surface area contributed by atoms with Gasteiger partial charge in [0.05, 0.1) is 0 Å². The maximum absolute atomic E-state index is 14.0. The molecule has 4 heterocycles. The molecule has 0 aliphatic carbocycles. The number of nitrogens with one attached hydrogen (secondary N) is 4. The van der Waals surface area contributed by atoms with E-state index in [1.165, 1.54) is 15.0 Å². The minimum atomic E-state index is -1.28. The van der Waals surface area contributed by atoms with Crippen LogP contribution in [-0.2, 0) is 24.0 Å². The van der Waals surface area contributed by atoms with E-state index < -0.39 is 59.9 Å². The van der Waals surface area contributed by atoms with Gasteiger partial charge in [-0.25, -0.2) is 26.5 Å². The average molecular weight is 567 g/mol. The summed E-state index contributed by atoms with van der Waals surface area (Å²) < 4.78 is 0. The standard InChI is InChI=1S/C25H42N8O7/c1-15(2)20(34)24(38)32-18(9-5-13-28-32)22(36)30-16(7-3-11-26-30)21(35)31-17(8-4-12-27-31)23(37)33-19(25(39)40)10-6-14-29-33/h15-20,26-29,34H,3-14H2,1-2H3,(H,39,40). The van der Waals surface area contributed by atoms with Gasteiger partial charge in [0.25, 0.3) is 23.6 Å². The second-order valence-electron chi connectivity index (χ2n) is 11.1. The summed E-state index contributed by atoms with van der Waals surface area (Å²) in [7, 11) is 0. The third kappa shape index (κ3) is 6.22. The van der Waals surface area contributed by atoms with Crippen molar-refractivity contribution in [1.29, 1.82) is 0 Å². The largest absolute Gasteiger partial charge is 0.480 e. The fraction of sp³-hybridized carbons (Fsp3) is 0.800. The normalized spacial score (nSPS) is 28.8. The quantitative estimate of drug-likeness (QED) is 0.210. The molecule has 15 nitrogen and oxygen atoms in total. The van der Waals surface area contributed by atoms with Crippen molar-refractivity contribution in [3.8, 4) is 0 Å². The Kier molecular flexibility index (Phi) is 9.94. The molecular formula is C25H42N8O7. The molecule has 4 rings (SSSR count). The van der Waals surface area contributed by atoms with Crippen LogP contribution in [0.4, 0.5) is 0 Å². The van der Waals surface area contributed by atoms with E-state index in [-0.39, 0.29) is 5.92 Å². The number of carboxylic acids is 1. The van der Waals surface area contributed by atoms with E-state index in [9.17, 15) is 34.2 Å². The van der Waals surface area contributed by atoms with Gasteiger partial charge < -0.3 is 10.2 Å². The third-order valence-corrected chi connectivity index (χ3v) is 7.97. The molecule has 0 bridgehead atoms. The molecule has 5 unspecified atom stereocenters. The predicted molar refractivity (Wildman–Crippen MR) is 140 cm³/mol. The van der Waals surface area contributed by atoms with Crippen LogP contribution in [0.2, 0.25) is 0 Å². The van der Waals surface area contributed by atoms with Gasteiger partial charge >= 0.3 is 5.97 Å². The number of hydrogen-bond donors (Lipinski definition) is 6. The number of aliphatic hydroxyl groups excluding tert-OH is 1. The monoisotopic (exact) mass is 566 g/mol. The molecule has 224 valence electrons. The molecule has 0 aromatic rings. The molecule has 4 aliphatic heterocycles. The zero-order valence-electron chi connectivity index (χ0n) is 23.2. The maximum atomic E-state index is 14.0. The van der Waals surface area contributed by atoms with E-state index in [1.54, 1.807) is 13.8 Å².